The first-order valence-electron chi connectivity index (χ1n) is 4.40. The van der Waals surface area contributed by atoms with Gasteiger partial charge in [0.1, 0.15) is 0 Å². The molecule has 0 N–H and O–H groups in total. The standard InChI is InChI=1S/C9H21O2PS/c1-8(2,3)10-12(7,13)11-9(4,5)6/h1-7H3. The van der Waals surface area contributed by atoms with Crippen LogP contribution in [0.5, 0.6) is 0 Å². The van der Waals surface area contributed by atoms with E-state index in [0.717, 1.165) is 0 Å². The Hall–Kier alpha value is 0.570. The van der Waals surface area contributed by atoms with Crippen molar-refractivity contribution in [3.63, 3.8) is 0 Å². The van der Waals surface area contributed by atoms with Crippen molar-refractivity contribution in [2.75, 3.05) is 6.66 Å². The molecule has 0 aliphatic heterocycles. The summed E-state index contributed by atoms with van der Waals surface area (Å²) < 4.78 is 11.4. The molecule has 0 saturated heterocycles. The lowest BCUT2D eigenvalue weighted by molar-refractivity contribution is 0.0736. The molecule has 80 valence electrons. The minimum atomic E-state index is -2.10. The van der Waals surface area contributed by atoms with E-state index in [-0.39, 0.29) is 11.2 Å². The van der Waals surface area contributed by atoms with Gasteiger partial charge in [-0.3, -0.25) is 0 Å². The van der Waals surface area contributed by atoms with Crippen molar-refractivity contribution in [1.29, 1.82) is 0 Å². The normalized spacial score (nSPS) is 14.7. The second-order valence-electron chi connectivity index (χ2n) is 5.18. The van der Waals surface area contributed by atoms with Gasteiger partial charge in [0.05, 0.1) is 11.2 Å². The molecule has 2 nitrogen and oxygen atoms in total. The minimum absolute atomic E-state index is 0.227. The van der Waals surface area contributed by atoms with Gasteiger partial charge in [-0.1, -0.05) is 0 Å². The Morgan fingerprint density at radius 2 is 1.08 bits per heavy atom. The molecule has 0 spiro atoms. The van der Waals surface area contributed by atoms with Gasteiger partial charge in [-0.25, -0.2) is 0 Å². The molecule has 0 saturated carbocycles. The van der Waals surface area contributed by atoms with Crippen LogP contribution in [-0.2, 0) is 20.9 Å². The molecule has 0 atom stereocenters. The fourth-order valence-corrected chi connectivity index (χ4v) is 4.38. The molecule has 0 aromatic heterocycles. The van der Waals surface area contributed by atoms with Crippen molar-refractivity contribution in [3.8, 4) is 0 Å². The molecule has 0 aromatic rings. The lowest BCUT2D eigenvalue weighted by atomic mass is 10.2. The summed E-state index contributed by atoms with van der Waals surface area (Å²) in [6, 6.07) is 0. The van der Waals surface area contributed by atoms with Gasteiger partial charge in [-0.15, -0.1) is 0 Å². The largest absolute Gasteiger partial charge is 0.324 e. The number of hydrogen-bond donors (Lipinski definition) is 0. The maximum Gasteiger partial charge on any atom is 0.186 e. The van der Waals surface area contributed by atoms with E-state index in [2.05, 4.69) is 0 Å². The Balaban J connectivity index is 4.35. The van der Waals surface area contributed by atoms with Crippen molar-refractivity contribution in [3.05, 3.63) is 0 Å². The van der Waals surface area contributed by atoms with Crippen LogP contribution in [0.25, 0.3) is 0 Å². The second kappa shape index (κ2) is 3.98. The van der Waals surface area contributed by atoms with Crippen LogP contribution in [0.15, 0.2) is 0 Å². The third-order valence-corrected chi connectivity index (χ3v) is 3.09. The molecule has 0 aromatic carbocycles. The van der Waals surface area contributed by atoms with Crippen molar-refractivity contribution in [2.24, 2.45) is 0 Å². The summed E-state index contributed by atoms with van der Waals surface area (Å²) in [5.74, 6) is 0. The van der Waals surface area contributed by atoms with Gasteiger partial charge in [0, 0.05) is 6.66 Å². The monoisotopic (exact) mass is 224 g/mol. The third kappa shape index (κ3) is 8.89. The fraction of sp³-hybridized carbons (Fsp3) is 1.00. The first kappa shape index (κ1) is 13.6. The topological polar surface area (TPSA) is 18.5 Å². The summed E-state index contributed by atoms with van der Waals surface area (Å²) in [7, 11) is 0. The van der Waals surface area contributed by atoms with Gasteiger partial charge in [0.15, 0.2) is 6.49 Å². The van der Waals surface area contributed by atoms with Crippen LogP contribution in [0.4, 0.5) is 0 Å². The molecule has 13 heavy (non-hydrogen) atoms. The summed E-state index contributed by atoms with van der Waals surface area (Å²) in [6.45, 7) is 11.7. The summed E-state index contributed by atoms with van der Waals surface area (Å²) in [5.41, 5.74) is -0.453. The van der Waals surface area contributed by atoms with Gasteiger partial charge in [-0.2, -0.15) is 0 Å². The van der Waals surface area contributed by atoms with E-state index in [1.54, 1.807) is 0 Å². The highest BCUT2D eigenvalue weighted by Gasteiger charge is 2.26. The molecule has 0 bridgehead atoms. The first-order valence-corrected chi connectivity index (χ1v) is 7.49. The summed E-state index contributed by atoms with van der Waals surface area (Å²) >= 11 is 5.31. The maximum atomic E-state index is 5.70. The molecule has 4 heteroatoms. The fourth-order valence-electron chi connectivity index (χ4n) is 1.01. The maximum absolute atomic E-state index is 5.70. The third-order valence-electron chi connectivity index (χ3n) is 0.879. The van der Waals surface area contributed by atoms with Crippen LogP contribution in [0.2, 0.25) is 0 Å². The van der Waals surface area contributed by atoms with Crippen LogP contribution in [0, 0.1) is 0 Å². The molecule has 0 unspecified atom stereocenters. The van der Waals surface area contributed by atoms with Gasteiger partial charge < -0.3 is 9.05 Å². The Labute approximate surface area is 87.2 Å². The van der Waals surface area contributed by atoms with Crippen LogP contribution in [0.1, 0.15) is 41.5 Å². The van der Waals surface area contributed by atoms with E-state index < -0.39 is 6.49 Å². The van der Waals surface area contributed by atoms with E-state index in [1.165, 1.54) is 0 Å². The summed E-state index contributed by atoms with van der Waals surface area (Å²) in [6.07, 6.45) is 0. The minimum Gasteiger partial charge on any atom is -0.324 e. The van der Waals surface area contributed by atoms with E-state index in [0.29, 0.717) is 0 Å². The SMILES string of the molecule is CC(C)(C)OP(C)(=S)OC(C)(C)C. The number of hydrogen-bond acceptors (Lipinski definition) is 3. The average Bonchev–Trinajstić information content (AvgIpc) is 1.43. The Bertz CT molecular complexity index is 193. The highest BCUT2D eigenvalue weighted by atomic mass is 32.5. The highest BCUT2D eigenvalue weighted by Crippen LogP contribution is 2.51. The Kier molecular flexibility index (Phi) is 4.15. The zero-order valence-corrected chi connectivity index (χ0v) is 11.4. The van der Waals surface area contributed by atoms with Crippen molar-refractivity contribution in [2.45, 2.75) is 52.7 Å². The van der Waals surface area contributed by atoms with E-state index in [4.69, 9.17) is 20.9 Å². The lowest BCUT2D eigenvalue weighted by Crippen LogP contribution is -2.23. The quantitative estimate of drug-likeness (QED) is 0.668. The molecule has 0 amide bonds. The first-order chi connectivity index (χ1) is 5.41. The van der Waals surface area contributed by atoms with Gasteiger partial charge >= 0.3 is 0 Å². The van der Waals surface area contributed by atoms with Crippen LogP contribution in [0.3, 0.4) is 0 Å². The van der Waals surface area contributed by atoms with Crippen LogP contribution >= 0.6 is 6.49 Å². The van der Waals surface area contributed by atoms with E-state index in [1.807, 2.05) is 48.2 Å². The van der Waals surface area contributed by atoms with Crippen molar-refractivity contribution in [1.82, 2.24) is 0 Å². The number of rotatable bonds is 2. The molecule has 0 fully saturated rings. The van der Waals surface area contributed by atoms with Crippen molar-refractivity contribution >= 4 is 18.3 Å². The van der Waals surface area contributed by atoms with E-state index >= 15 is 0 Å². The van der Waals surface area contributed by atoms with Gasteiger partial charge in [0.2, 0.25) is 0 Å². The van der Waals surface area contributed by atoms with Crippen molar-refractivity contribution < 1.29 is 9.05 Å². The average molecular weight is 224 g/mol. The highest BCUT2D eigenvalue weighted by molar-refractivity contribution is 8.09. The Morgan fingerprint density at radius 3 is 1.23 bits per heavy atom. The smallest absolute Gasteiger partial charge is 0.186 e. The van der Waals surface area contributed by atoms with Gasteiger partial charge in [-0.05, 0) is 53.3 Å². The molecular weight excluding hydrogens is 203 g/mol. The predicted molar refractivity (Wildman–Crippen MR) is 61.9 cm³/mol. The molecule has 0 rings (SSSR count). The molecule has 0 radical (unpaired) electrons. The van der Waals surface area contributed by atoms with Crippen LogP contribution < -0.4 is 0 Å². The van der Waals surface area contributed by atoms with Crippen LogP contribution in [-0.4, -0.2) is 17.9 Å². The Morgan fingerprint density at radius 1 is 0.846 bits per heavy atom. The molecule has 0 aliphatic carbocycles. The molecule has 0 heterocycles. The predicted octanol–water partition coefficient (Wildman–Crippen LogP) is 3.56. The second-order valence-corrected chi connectivity index (χ2v) is 9.08. The molecular formula is C9H21O2PS. The lowest BCUT2D eigenvalue weighted by Gasteiger charge is -2.32. The zero-order chi connectivity index (χ0) is 10.9. The van der Waals surface area contributed by atoms with E-state index in [9.17, 15) is 0 Å². The zero-order valence-electron chi connectivity index (χ0n) is 9.67. The summed E-state index contributed by atoms with van der Waals surface area (Å²) in [5, 5.41) is 0. The summed E-state index contributed by atoms with van der Waals surface area (Å²) in [4.78, 5) is 0. The molecule has 0 aliphatic rings. The van der Waals surface area contributed by atoms with Gasteiger partial charge in [0.25, 0.3) is 0 Å².